The molecule has 1 spiro atoms. The maximum absolute atomic E-state index is 13.6. The summed E-state index contributed by atoms with van der Waals surface area (Å²) in [7, 11) is 1.63. The quantitative estimate of drug-likeness (QED) is 0.650. The van der Waals surface area contributed by atoms with Crippen LogP contribution in [0.4, 0.5) is 5.82 Å². The van der Waals surface area contributed by atoms with Crippen molar-refractivity contribution >= 4 is 17.4 Å². The fourth-order valence-corrected chi connectivity index (χ4v) is 5.42. The first-order chi connectivity index (χ1) is 15.2. The molecule has 0 N–H and O–H groups in total. The van der Waals surface area contributed by atoms with Crippen LogP contribution in [0.5, 0.6) is 5.75 Å². The van der Waals surface area contributed by atoms with Gasteiger partial charge < -0.3 is 19.3 Å². The van der Waals surface area contributed by atoms with Crippen molar-refractivity contribution in [1.82, 2.24) is 19.5 Å². The Morgan fingerprint density at radius 1 is 1.10 bits per heavy atom. The highest BCUT2D eigenvalue weighted by molar-refractivity contribution is 5.88. The van der Waals surface area contributed by atoms with E-state index in [1.807, 2.05) is 35.2 Å². The average Bonchev–Trinajstić information content (AvgIpc) is 3.52. The summed E-state index contributed by atoms with van der Waals surface area (Å²) in [6, 6.07) is 14.4. The Balaban J connectivity index is 1.23. The minimum absolute atomic E-state index is 0.104. The molecule has 3 aliphatic heterocycles. The number of ether oxygens (including phenoxy) is 2. The molecule has 2 atom stereocenters. The highest BCUT2D eigenvalue weighted by atomic mass is 16.6. The van der Waals surface area contributed by atoms with E-state index >= 15 is 0 Å². The molecular weight excluding hydrogens is 394 g/mol. The second-order valence-corrected chi connectivity index (χ2v) is 8.53. The molecule has 1 aromatic carbocycles. The number of amides is 1. The number of hydrogen-bond donors (Lipinski definition) is 0. The first kappa shape index (κ1) is 18.6. The van der Waals surface area contributed by atoms with Crippen LogP contribution in [0.2, 0.25) is 0 Å². The molecule has 3 saturated heterocycles. The van der Waals surface area contributed by atoms with Gasteiger partial charge in [-0.3, -0.25) is 4.79 Å². The number of piperidine rings is 1. The van der Waals surface area contributed by atoms with Crippen LogP contribution in [-0.4, -0.2) is 57.4 Å². The molecule has 2 aromatic heterocycles. The van der Waals surface area contributed by atoms with Crippen LogP contribution < -0.4 is 9.64 Å². The predicted octanol–water partition coefficient (Wildman–Crippen LogP) is 2.80. The van der Waals surface area contributed by atoms with Crippen molar-refractivity contribution in [2.75, 3.05) is 25.1 Å². The Morgan fingerprint density at radius 3 is 2.68 bits per heavy atom. The SMILES string of the molecule is COc1ccc(N2CCC3(CC2)O[C@@H]2CC[C@@H](c4ccccc4)N2C3=O)n2ncnc12. The van der Waals surface area contributed by atoms with Gasteiger partial charge in [-0.2, -0.15) is 9.61 Å². The number of benzene rings is 1. The van der Waals surface area contributed by atoms with Crippen LogP contribution in [0, 0.1) is 0 Å². The summed E-state index contributed by atoms with van der Waals surface area (Å²) in [4.78, 5) is 22.2. The second kappa shape index (κ2) is 6.95. The van der Waals surface area contributed by atoms with Gasteiger partial charge in [0.15, 0.2) is 17.0 Å². The number of pyridine rings is 1. The predicted molar refractivity (Wildman–Crippen MR) is 114 cm³/mol. The molecule has 0 bridgehead atoms. The Labute approximate surface area is 180 Å². The van der Waals surface area contributed by atoms with Crippen LogP contribution in [-0.2, 0) is 9.53 Å². The molecule has 8 nitrogen and oxygen atoms in total. The van der Waals surface area contributed by atoms with Gasteiger partial charge in [-0.15, -0.1) is 0 Å². The number of methoxy groups -OCH3 is 1. The molecule has 31 heavy (non-hydrogen) atoms. The fraction of sp³-hybridized carbons (Fsp3) is 0.435. The molecular formula is C23H25N5O3. The Hall–Kier alpha value is -3.13. The van der Waals surface area contributed by atoms with Crippen molar-refractivity contribution in [3.05, 3.63) is 54.4 Å². The minimum Gasteiger partial charge on any atom is -0.493 e. The van der Waals surface area contributed by atoms with E-state index in [1.54, 1.807) is 11.6 Å². The zero-order valence-electron chi connectivity index (χ0n) is 17.5. The highest BCUT2D eigenvalue weighted by Crippen LogP contribution is 2.47. The second-order valence-electron chi connectivity index (χ2n) is 8.53. The van der Waals surface area contributed by atoms with Crippen LogP contribution >= 0.6 is 0 Å². The third kappa shape index (κ3) is 2.74. The lowest BCUT2D eigenvalue weighted by Crippen LogP contribution is -2.50. The summed E-state index contributed by atoms with van der Waals surface area (Å²) in [6.07, 6.45) is 4.63. The van der Waals surface area contributed by atoms with E-state index in [0.717, 1.165) is 31.7 Å². The molecule has 160 valence electrons. The standard InChI is InChI=1S/C23H25N5O3/c1-30-18-8-9-19(28-21(18)24-15-25-28)26-13-11-23(12-14-26)22(29)27-17(7-10-20(27)31-23)16-5-3-2-4-6-16/h2-6,8-9,15,17,20H,7,10-14H2,1H3/t17-,20+/m0/s1. The van der Waals surface area contributed by atoms with E-state index in [1.165, 1.54) is 11.9 Å². The van der Waals surface area contributed by atoms with Gasteiger partial charge in [0.05, 0.1) is 13.2 Å². The van der Waals surface area contributed by atoms with Gasteiger partial charge in [0.25, 0.3) is 5.91 Å². The van der Waals surface area contributed by atoms with Gasteiger partial charge in [-0.1, -0.05) is 30.3 Å². The first-order valence-electron chi connectivity index (χ1n) is 10.9. The number of carbonyl (C=O) groups excluding carboxylic acids is 1. The lowest BCUT2D eigenvalue weighted by Gasteiger charge is -2.38. The average molecular weight is 419 g/mol. The van der Waals surface area contributed by atoms with Crippen molar-refractivity contribution in [2.45, 2.75) is 43.6 Å². The van der Waals surface area contributed by atoms with Crippen molar-refractivity contribution in [3.8, 4) is 5.75 Å². The monoisotopic (exact) mass is 419 g/mol. The van der Waals surface area contributed by atoms with Crippen molar-refractivity contribution in [2.24, 2.45) is 0 Å². The fourth-order valence-electron chi connectivity index (χ4n) is 5.42. The number of carbonyl (C=O) groups is 1. The molecule has 1 amide bonds. The van der Waals surface area contributed by atoms with E-state index < -0.39 is 5.60 Å². The smallest absolute Gasteiger partial charge is 0.257 e. The van der Waals surface area contributed by atoms with E-state index in [4.69, 9.17) is 9.47 Å². The first-order valence-corrected chi connectivity index (χ1v) is 10.9. The summed E-state index contributed by atoms with van der Waals surface area (Å²) >= 11 is 0. The van der Waals surface area contributed by atoms with Crippen molar-refractivity contribution < 1.29 is 14.3 Å². The number of hydrogen-bond acceptors (Lipinski definition) is 6. The summed E-state index contributed by atoms with van der Waals surface area (Å²) in [5.41, 5.74) is 1.19. The summed E-state index contributed by atoms with van der Waals surface area (Å²) < 4.78 is 13.7. The minimum atomic E-state index is -0.706. The van der Waals surface area contributed by atoms with Gasteiger partial charge >= 0.3 is 0 Å². The zero-order chi connectivity index (χ0) is 21.0. The zero-order valence-corrected chi connectivity index (χ0v) is 17.5. The maximum Gasteiger partial charge on any atom is 0.257 e. The molecule has 6 rings (SSSR count). The Morgan fingerprint density at radius 2 is 1.90 bits per heavy atom. The van der Waals surface area contributed by atoms with Gasteiger partial charge in [-0.25, -0.2) is 4.98 Å². The molecule has 3 aliphatic rings. The van der Waals surface area contributed by atoms with Crippen LogP contribution in [0.1, 0.15) is 37.3 Å². The van der Waals surface area contributed by atoms with Crippen molar-refractivity contribution in [3.63, 3.8) is 0 Å². The largest absolute Gasteiger partial charge is 0.493 e. The summed E-state index contributed by atoms with van der Waals surface area (Å²) in [5.74, 6) is 1.80. The number of fused-ring (bicyclic) bond motifs is 2. The molecule has 8 heteroatoms. The maximum atomic E-state index is 13.6. The van der Waals surface area contributed by atoms with E-state index in [9.17, 15) is 4.79 Å². The number of rotatable bonds is 3. The molecule has 5 heterocycles. The molecule has 3 fully saturated rings. The van der Waals surface area contributed by atoms with E-state index in [0.29, 0.717) is 24.2 Å². The molecule has 0 aliphatic carbocycles. The van der Waals surface area contributed by atoms with E-state index in [2.05, 4.69) is 27.1 Å². The van der Waals surface area contributed by atoms with Gasteiger partial charge in [0, 0.05) is 25.9 Å². The van der Waals surface area contributed by atoms with E-state index in [-0.39, 0.29) is 18.2 Å². The highest BCUT2D eigenvalue weighted by Gasteiger charge is 2.58. The number of nitrogens with zero attached hydrogens (tertiary/aromatic N) is 5. The van der Waals surface area contributed by atoms with Gasteiger partial charge in [0.2, 0.25) is 0 Å². The van der Waals surface area contributed by atoms with Crippen molar-refractivity contribution in [1.29, 1.82) is 0 Å². The van der Waals surface area contributed by atoms with Crippen LogP contribution in [0.25, 0.3) is 5.65 Å². The molecule has 0 saturated carbocycles. The third-order valence-corrected chi connectivity index (χ3v) is 6.99. The lowest BCUT2D eigenvalue weighted by atomic mass is 9.89. The topological polar surface area (TPSA) is 72.2 Å². The lowest BCUT2D eigenvalue weighted by molar-refractivity contribution is -0.140. The third-order valence-electron chi connectivity index (χ3n) is 6.99. The Kier molecular flexibility index (Phi) is 4.17. The van der Waals surface area contributed by atoms with Crippen LogP contribution in [0.3, 0.4) is 0 Å². The summed E-state index contributed by atoms with van der Waals surface area (Å²) in [5, 5.41) is 4.37. The Bertz CT molecular complexity index is 1120. The normalized spacial score (nSPS) is 24.9. The van der Waals surface area contributed by atoms with Crippen LogP contribution in [0.15, 0.2) is 48.8 Å². The molecule has 0 radical (unpaired) electrons. The van der Waals surface area contributed by atoms with Gasteiger partial charge in [-0.05, 0) is 30.5 Å². The molecule has 0 unspecified atom stereocenters. The number of anilines is 1. The molecule has 3 aromatic rings. The van der Waals surface area contributed by atoms with Gasteiger partial charge in [0.1, 0.15) is 18.4 Å². The number of aromatic nitrogens is 3. The summed E-state index contributed by atoms with van der Waals surface area (Å²) in [6.45, 7) is 1.45.